The molecular weight excluding hydrogens is 354 g/mol. The molecule has 4 nitrogen and oxygen atoms in total. The molecule has 0 fully saturated rings. The average molecular weight is 363 g/mol. The molecule has 0 radical (unpaired) electrons. The summed E-state index contributed by atoms with van der Waals surface area (Å²) in [4.78, 5) is 3.98. The summed E-state index contributed by atoms with van der Waals surface area (Å²) < 4.78 is 28.3. The van der Waals surface area contributed by atoms with E-state index < -0.39 is 9.05 Å². The van der Waals surface area contributed by atoms with E-state index in [0.29, 0.717) is 11.2 Å². The monoisotopic (exact) mass is 361 g/mol. The summed E-state index contributed by atoms with van der Waals surface area (Å²) in [5.74, 6) is 0.192. The second-order valence-corrected chi connectivity index (χ2v) is 7.05. The molecule has 0 amide bonds. The standard InChI is InChI=1S/C12H9BrClNO3S/c13-11-6-10(19(14,16)17)7-12(15-11)18-8-9-4-2-1-3-5-9/h1-7H,8H2. The van der Waals surface area contributed by atoms with Gasteiger partial charge in [-0.2, -0.15) is 0 Å². The Morgan fingerprint density at radius 2 is 1.89 bits per heavy atom. The highest BCUT2D eigenvalue weighted by Crippen LogP contribution is 2.23. The van der Waals surface area contributed by atoms with Gasteiger partial charge >= 0.3 is 0 Å². The maximum Gasteiger partial charge on any atom is 0.261 e. The predicted molar refractivity (Wildman–Crippen MR) is 75.7 cm³/mol. The van der Waals surface area contributed by atoms with Crippen molar-refractivity contribution in [3.05, 3.63) is 52.6 Å². The van der Waals surface area contributed by atoms with Gasteiger partial charge in [-0.1, -0.05) is 30.3 Å². The van der Waals surface area contributed by atoms with Crippen LogP contribution in [-0.2, 0) is 15.7 Å². The summed E-state index contributed by atoms with van der Waals surface area (Å²) in [6.45, 7) is 0.298. The van der Waals surface area contributed by atoms with E-state index in [2.05, 4.69) is 20.9 Å². The van der Waals surface area contributed by atoms with Crippen LogP contribution in [-0.4, -0.2) is 13.4 Å². The fourth-order valence-electron chi connectivity index (χ4n) is 1.40. The van der Waals surface area contributed by atoms with Gasteiger partial charge in [0.25, 0.3) is 9.05 Å². The molecule has 2 aromatic rings. The highest BCUT2D eigenvalue weighted by atomic mass is 79.9. The zero-order valence-corrected chi connectivity index (χ0v) is 12.7. The molecule has 100 valence electrons. The molecule has 19 heavy (non-hydrogen) atoms. The summed E-state index contributed by atoms with van der Waals surface area (Å²) in [6, 6.07) is 12.1. The number of hydrogen-bond donors (Lipinski definition) is 0. The molecule has 0 aliphatic rings. The second kappa shape index (κ2) is 5.90. The average Bonchev–Trinajstić information content (AvgIpc) is 2.36. The highest BCUT2D eigenvalue weighted by molar-refractivity contribution is 9.10. The van der Waals surface area contributed by atoms with Crippen molar-refractivity contribution < 1.29 is 13.2 Å². The van der Waals surface area contributed by atoms with Crippen LogP contribution in [0.25, 0.3) is 0 Å². The summed E-state index contributed by atoms with van der Waals surface area (Å²) in [6.07, 6.45) is 0. The van der Waals surface area contributed by atoms with E-state index in [1.165, 1.54) is 12.1 Å². The number of benzene rings is 1. The Kier molecular flexibility index (Phi) is 4.44. The molecule has 0 unspecified atom stereocenters. The molecule has 7 heteroatoms. The van der Waals surface area contributed by atoms with Gasteiger partial charge in [0.05, 0.1) is 4.90 Å². The topological polar surface area (TPSA) is 56.3 Å². The van der Waals surface area contributed by atoms with E-state index in [1.807, 2.05) is 30.3 Å². The Hall–Kier alpha value is -1.11. The van der Waals surface area contributed by atoms with Gasteiger partial charge in [-0.15, -0.1) is 0 Å². The Bertz CT molecular complexity index is 677. The normalized spacial score (nSPS) is 11.3. The number of halogens is 2. The lowest BCUT2D eigenvalue weighted by atomic mass is 10.2. The van der Waals surface area contributed by atoms with Crippen molar-refractivity contribution in [2.24, 2.45) is 0 Å². The van der Waals surface area contributed by atoms with Crippen LogP contribution in [0.5, 0.6) is 5.88 Å². The lowest BCUT2D eigenvalue weighted by Crippen LogP contribution is -1.99. The molecule has 1 aromatic carbocycles. The fraction of sp³-hybridized carbons (Fsp3) is 0.0833. The molecular formula is C12H9BrClNO3S. The smallest absolute Gasteiger partial charge is 0.261 e. The van der Waals surface area contributed by atoms with E-state index >= 15 is 0 Å². The van der Waals surface area contributed by atoms with Crippen molar-refractivity contribution in [2.45, 2.75) is 11.5 Å². The summed E-state index contributed by atoms with van der Waals surface area (Å²) in [5.41, 5.74) is 0.958. The number of aromatic nitrogens is 1. The van der Waals surface area contributed by atoms with Crippen LogP contribution < -0.4 is 4.74 Å². The lowest BCUT2D eigenvalue weighted by molar-refractivity contribution is 0.292. The van der Waals surface area contributed by atoms with E-state index in [1.54, 1.807) is 0 Å². The fourth-order valence-corrected chi connectivity index (χ4v) is 2.73. The number of hydrogen-bond acceptors (Lipinski definition) is 4. The molecule has 2 rings (SSSR count). The van der Waals surface area contributed by atoms with Crippen molar-refractivity contribution >= 4 is 35.7 Å². The zero-order valence-electron chi connectivity index (χ0n) is 9.58. The molecule has 1 aromatic heterocycles. The first-order valence-electron chi connectivity index (χ1n) is 5.24. The van der Waals surface area contributed by atoms with Gasteiger partial charge in [0.15, 0.2) is 0 Å². The van der Waals surface area contributed by atoms with E-state index in [9.17, 15) is 8.42 Å². The Labute approximate surface area is 123 Å². The lowest BCUT2D eigenvalue weighted by Gasteiger charge is -2.07. The van der Waals surface area contributed by atoms with Crippen molar-refractivity contribution in [1.82, 2.24) is 4.98 Å². The van der Waals surface area contributed by atoms with Gasteiger partial charge < -0.3 is 4.74 Å². The van der Waals surface area contributed by atoms with Gasteiger partial charge in [0, 0.05) is 16.7 Å². The van der Waals surface area contributed by atoms with Crippen LogP contribution in [0, 0.1) is 0 Å². The third-order valence-corrected chi connectivity index (χ3v) is 3.99. The van der Waals surface area contributed by atoms with Crippen molar-refractivity contribution in [1.29, 1.82) is 0 Å². The third kappa shape index (κ3) is 4.19. The van der Waals surface area contributed by atoms with Crippen LogP contribution in [0.3, 0.4) is 0 Å². The van der Waals surface area contributed by atoms with Crippen molar-refractivity contribution in [3.63, 3.8) is 0 Å². The van der Waals surface area contributed by atoms with E-state index in [4.69, 9.17) is 15.4 Å². The van der Waals surface area contributed by atoms with Crippen molar-refractivity contribution in [3.8, 4) is 5.88 Å². The maximum atomic E-state index is 11.3. The van der Waals surface area contributed by atoms with Crippen LogP contribution in [0.1, 0.15) is 5.56 Å². The molecule has 0 atom stereocenters. The van der Waals surface area contributed by atoms with Gasteiger partial charge in [-0.05, 0) is 27.6 Å². The number of pyridine rings is 1. The van der Waals surface area contributed by atoms with Gasteiger partial charge in [-0.25, -0.2) is 13.4 Å². The zero-order chi connectivity index (χ0) is 13.9. The first-order valence-corrected chi connectivity index (χ1v) is 8.34. The Morgan fingerprint density at radius 3 is 2.53 bits per heavy atom. The van der Waals surface area contributed by atoms with Gasteiger partial charge in [0.1, 0.15) is 11.2 Å². The first kappa shape index (κ1) is 14.3. The highest BCUT2D eigenvalue weighted by Gasteiger charge is 2.13. The number of rotatable bonds is 4. The molecule has 0 aliphatic heterocycles. The maximum absolute atomic E-state index is 11.3. The number of nitrogens with zero attached hydrogens (tertiary/aromatic N) is 1. The van der Waals surface area contributed by atoms with Crippen LogP contribution in [0.15, 0.2) is 52.0 Å². The summed E-state index contributed by atoms with van der Waals surface area (Å²) in [7, 11) is 1.48. The first-order chi connectivity index (χ1) is 8.95. The second-order valence-electron chi connectivity index (χ2n) is 3.68. The minimum atomic E-state index is -3.81. The Balaban J connectivity index is 2.19. The number of ether oxygens (including phenoxy) is 1. The van der Waals surface area contributed by atoms with Crippen LogP contribution >= 0.6 is 26.6 Å². The largest absolute Gasteiger partial charge is 0.473 e. The van der Waals surface area contributed by atoms with Crippen molar-refractivity contribution in [2.75, 3.05) is 0 Å². The SMILES string of the molecule is O=S(=O)(Cl)c1cc(Br)nc(OCc2ccccc2)c1. The summed E-state index contributed by atoms with van der Waals surface area (Å²) >= 11 is 3.12. The van der Waals surface area contributed by atoms with Crippen LogP contribution in [0.4, 0.5) is 0 Å². The molecule has 0 saturated carbocycles. The van der Waals surface area contributed by atoms with E-state index in [-0.39, 0.29) is 10.8 Å². The molecule has 0 bridgehead atoms. The van der Waals surface area contributed by atoms with Crippen LogP contribution in [0.2, 0.25) is 0 Å². The molecule has 0 aliphatic carbocycles. The Morgan fingerprint density at radius 1 is 1.21 bits per heavy atom. The van der Waals surface area contributed by atoms with E-state index in [0.717, 1.165) is 5.56 Å². The minimum Gasteiger partial charge on any atom is -0.473 e. The summed E-state index contributed by atoms with van der Waals surface area (Å²) in [5, 5.41) is 0. The van der Waals surface area contributed by atoms with Gasteiger partial charge in [0.2, 0.25) is 5.88 Å². The minimum absolute atomic E-state index is 0.0564. The predicted octanol–water partition coefficient (Wildman–Crippen LogP) is 3.35. The quantitative estimate of drug-likeness (QED) is 0.618. The molecule has 0 N–H and O–H groups in total. The third-order valence-electron chi connectivity index (χ3n) is 2.26. The molecule has 1 heterocycles. The molecule has 0 spiro atoms. The molecule has 0 saturated heterocycles. The van der Waals surface area contributed by atoms with Gasteiger partial charge in [-0.3, -0.25) is 0 Å².